The van der Waals surface area contributed by atoms with Crippen LogP contribution in [0.25, 0.3) is 16.9 Å². The zero-order valence-corrected chi connectivity index (χ0v) is 17.6. The van der Waals surface area contributed by atoms with Crippen LogP contribution in [0.1, 0.15) is 22.5 Å². The Morgan fingerprint density at radius 1 is 1.10 bits per heavy atom. The predicted molar refractivity (Wildman–Crippen MR) is 116 cm³/mol. The van der Waals surface area contributed by atoms with E-state index in [4.69, 9.17) is 21.1 Å². The van der Waals surface area contributed by atoms with E-state index in [1.165, 1.54) is 0 Å². The largest absolute Gasteiger partial charge is 0.495 e. The number of carbonyl (C=O) groups is 1. The van der Waals surface area contributed by atoms with E-state index in [1.807, 2.05) is 66.1 Å². The van der Waals surface area contributed by atoms with Crippen LogP contribution in [-0.2, 0) is 4.74 Å². The third-order valence-electron chi connectivity index (χ3n) is 4.77. The maximum Gasteiger partial charge on any atom is 0.253 e. The summed E-state index contributed by atoms with van der Waals surface area (Å²) in [5.41, 5.74) is 4.19. The van der Waals surface area contributed by atoms with Gasteiger partial charge in [-0.25, -0.2) is 0 Å². The van der Waals surface area contributed by atoms with Crippen LogP contribution < -0.4 is 10.1 Å². The van der Waals surface area contributed by atoms with E-state index in [0.717, 1.165) is 34.8 Å². The first-order valence-corrected chi connectivity index (χ1v) is 9.83. The summed E-state index contributed by atoms with van der Waals surface area (Å²) in [5, 5.41) is 3.64. The molecule has 0 aliphatic heterocycles. The summed E-state index contributed by atoms with van der Waals surface area (Å²) in [7, 11) is 3.29. The van der Waals surface area contributed by atoms with Crippen molar-refractivity contribution < 1.29 is 14.3 Å². The zero-order valence-electron chi connectivity index (χ0n) is 16.9. The van der Waals surface area contributed by atoms with Gasteiger partial charge in [-0.05, 0) is 49.2 Å². The van der Waals surface area contributed by atoms with Gasteiger partial charge in [0.05, 0.1) is 24.1 Å². The molecule has 29 heavy (non-hydrogen) atoms. The highest BCUT2D eigenvalue weighted by molar-refractivity contribution is 6.30. The Labute approximate surface area is 176 Å². The van der Waals surface area contributed by atoms with Crippen molar-refractivity contribution in [2.45, 2.75) is 13.3 Å². The van der Waals surface area contributed by atoms with Gasteiger partial charge in [-0.15, -0.1) is 0 Å². The number of nitrogens with zero attached hydrogens (tertiary/aromatic N) is 1. The fraction of sp³-hybridized carbons (Fsp3) is 0.261. The summed E-state index contributed by atoms with van der Waals surface area (Å²) in [5.74, 6) is 0.621. The minimum absolute atomic E-state index is 0.109. The normalized spacial score (nSPS) is 10.8. The fourth-order valence-corrected chi connectivity index (χ4v) is 3.43. The van der Waals surface area contributed by atoms with Crippen molar-refractivity contribution in [3.05, 3.63) is 70.9 Å². The number of aromatic nitrogens is 1. The Balaban J connectivity index is 2.08. The van der Waals surface area contributed by atoms with E-state index in [-0.39, 0.29) is 5.91 Å². The van der Waals surface area contributed by atoms with Gasteiger partial charge in [0.25, 0.3) is 5.91 Å². The number of benzene rings is 2. The summed E-state index contributed by atoms with van der Waals surface area (Å²) in [6.45, 7) is 3.11. The first kappa shape index (κ1) is 21.0. The average molecular weight is 413 g/mol. The quantitative estimate of drug-likeness (QED) is 0.536. The second kappa shape index (κ2) is 9.63. The van der Waals surface area contributed by atoms with Gasteiger partial charge in [0, 0.05) is 31.0 Å². The molecule has 0 atom stereocenters. The monoisotopic (exact) mass is 412 g/mol. The highest BCUT2D eigenvalue weighted by Gasteiger charge is 2.21. The van der Waals surface area contributed by atoms with E-state index in [2.05, 4.69) is 5.32 Å². The molecule has 2 aromatic carbocycles. The second-order valence-electron chi connectivity index (χ2n) is 6.65. The van der Waals surface area contributed by atoms with E-state index in [0.29, 0.717) is 23.7 Å². The Bertz CT molecular complexity index is 980. The number of rotatable bonds is 8. The first-order valence-electron chi connectivity index (χ1n) is 9.45. The van der Waals surface area contributed by atoms with Crippen LogP contribution in [0.4, 0.5) is 0 Å². The van der Waals surface area contributed by atoms with Crippen LogP contribution in [0.5, 0.6) is 5.75 Å². The molecule has 5 nitrogen and oxygen atoms in total. The number of hydrogen-bond donors (Lipinski definition) is 1. The van der Waals surface area contributed by atoms with Crippen molar-refractivity contribution in [1.29, 1.82) is 0 Å². The van der Waals surface area contributed by atoms with Crippen molar-refractivity contribution in [3.63, 3.8) is 0 Å². The van der Waals surface area contributed by atoms with E-state index >= 15 is 0 Å². The molecule has 0 aliphatic carbocycles. The molecule has 1 amide bonds. The molecule has 0 bridgehead atoms. The van der Waals surface area contributed by atoms with Crippen LogP contribution in [-0.4, -0.2) is 37.8 Å². The van der Waals surface area contributed by atoms with Gasteiger partial charge in [0.2, 0.25) is 0 Å². The van der Waals surface area contributed by atoms with Crippen LogP contribution in [0, 0.1) is 6.92 Å². The molecule has 0 saturated carbocycles. The number of hydrogen-bond acceptors (Lipinski definition) is 3. The third-order valence-corrected chi connectivity index (χ3v) is 5.02. The van der Waals surface area contributed by atoms with Crippen molar-refractivity contribution in [2.24, 2.45) is 0 Å². The molecule has 6 heteroatoms. The van der Waals surface area contributed by atoms with Crippen molar-refractivity contribution >= 4 is 17.5 Å². The molecule has 0 spiro atoms. The number of carbonyl (C=O) groups excluding carboxylic acids is 1. The average Bonchev–Trinajstić information content (AvgIpc) is 3.08. The smallest absolute Gasteiger partial charge is 0.253 e. The molecule has 0 radical (unpaired) electrons. The Morgan fingerprint density at radius 2 is 1.83 bits per heavy atom. The van der Waals surface area contributed by atoms with Crippen molar-refractivity contribution in [3.8, 4) is 22.7 Å². The first-order chi connectivity index (χ1) is 14.1. The van der Waals surface area contributed by atoms with Crippen LogP contribution in [0.3, 0.4) is 0 Å². The van der Waals surface area contributed by atoms with Crippen LogP contribution >= 0.6 is 11.6 Å². The maximum absolute atomic E-state index is 12.8. The highest BCUT2D eigenvalue weighted by Crippen LogP contribution is 2.34. The van der Waals surface area contributed by atoms with Gasteiger partial charge in [-0.1, -0.05) is 35.9 Å². The summed E-state index contributed by atoms with van der Waals surface area (Å²) >= 11 is 6.07. The fourth-order valence-electron chi connectivity index (χ4n) is 3.31. The summed E-state index contributed by atoms with van der Waals surface area (Å²) in [6.07, 6.45) is 0.762. The Morgan fingerprint density at radius 3 is 2.52 bits per heavy atom. The molecular weight excluding hydrogens is 388 g/mol. The molecule has 1 N–H and O–H groups in total. The van der Waals surface area contributed by atoms with E-state index in [1.54, 1.807) is 14.2 Å². The van der Waals surface area contributed by atoms with E-state index in [9.17, 15) is 4.79 Å². The summed E-state index contributed by atoms with van der Waals surface area (Å²) in [6, 6.07) is 17.3. The lowest BCUT2D eigenvalue weighted by Crippen LogP contribution is -2.25. The molecule has 0 fully saturated rings. The number of halogens is 1. The summed E-state index contributed by atoms with van der Waals surface area (Å²) in [4.78, 5) is 12.8. The SMILES string of the molecule is COCCCNC(=O)c1cc(-c2ccc(Cl)cc2)n(-c2ccccc2OC)c1C. The topological polar surface area (TPSA) is 52.5 Å². The van der Waals surface area contributed by atoms with Crippen LogP contribution in [0.15, 0.2) is 54.6 Å². The lowest BCUT2D eigenvalue weighted by Gasteiger charge is -2.15. The van der Waals surface area contributed by atoms with Crippen molar-refractivity contribution in [2.75, 3.05) is 27.4 Å². The van der Waals surface area contributed by atoms with Crippen molar-refractivity contribution in [1.82, 2.24) is 9.88 Å². The van der Waals surface area contributed by atoms with Crippen LogP contribution in [0.2, 0.25) is 5.02 Å². The molecule has 1 heterocycles. The molecule has 0 saturated heterocycles. The van der Waals surface area contributed by atoms with Gasteiger partial charge < -0.3 is 19.4 Å². The number of methoxy groups -OCH3 is 2. The molecule has 3 rings (SSSR count). The molecule has 1 aromatic heterocycles. The molecule has 3 aromatic rings. The molecular formula is C23H25ClN2O3. The maximum atomic E-state index is 12.8. The zero-order chi connectivity index (χ0) is 20.8. The second-order valence-corrected chi connectivity index (χ2v) is 7.08. The third kappa shape index (κ3) is 4.63. The minimum atomic E-state index is -0.109. The summed E-state index contributed by atoms with van der Waals surface area (Å²) < 4.78 is 12.7. The Kier molecular flexibility index (Phi) is 6.96. The number of para-hydroxylation sites is 2. The Hall–Kier alpha value is -2.76. The predicted octanol–water partition coefficient (Wildman–Crippen LogP) is 4.88. The van der Waals surface area contributed by atoms with Gasteiger partial charge >= 0.3 is 0 Å². The molecule has 0 unspecified atom stereocenters. The lowest BCUT2D eigenvalue weighted by molar-refractivity contribution is 0.0948. The lowest BCUT2D eigenvalue weighted by atomic mass is 10.1. The molecule has 152 valence electrons. The number of amides is 1. The van der Waals surface area contributed by atoms with E-state index < -0.39 is 0 Å². The van der Waals surface area contributed by atoms with Gasteiger partial charge in [-0.3, -0.25) is 4.79 Å². The molecule has 0 aliphatic rings. The number of nitrogens with one attached hydrogen (secondary N) is 1. The van der Waals surface area contributed by atoms with Gasteiger partial charge in [0.15, 0.2) is 0 Å². The number of ether oxygens (including phenoxy) is 2. The van der Waals surface area contributed by atoms with Gasteiger partial charge in [0.1, 0.15) is 5.75 Å². The highest BCUT2D eigenvalue weighted by atomic mass is 35.5. The standard InChI is InChI=1S/C23H25ClN2O3/c1-16-19(23(27)25-13-6-14-28-2)15-21(17-9-11-18(24)12-10-17)26(16)20-7-4-5-8-22(20)29-3/h4-5,7-12,15H,6,13-14H2,1-3H3,(H,25,27). The minimum Gasteiger partial charge on any atom is -0.495 e. The van der Waals surface area contributed by atoms with Gasteiger partial charge in [-0.2, -0.15) is 0 Å².